The Labute approximate surface area is 147 Å². The molecule has 2 atom stereocenters. The maximum atomic E-state index is 12.6. The SMILES string of the molecule is CC[C@@H]1CCCC[NH+]1CC(=O)Nc1c(C(=O)OC)[nH]c2ccccc12. The fraction of sp³-hybridized carbons (Fsp3) is 0.474. The molecule has 2 aromatic rings. The molecule has 1 aromatic heterocycles. The molecule has 2 heterocycles. The van der Waals surface area contributed by atoms with Crippen molar-refractivity contribution in [1.29, 1.82) is 0 Å². The number of hydrogen-bond donors (Lipinski definition) is 3. The van der Waals surface area contributed by atoms with E-state index in [0.29, 0.717) is 18.3 Å². The molecular formula is C19H26N3O3+. The molecule has 1 amide bonds. The first-order valence-electron chi connectivity index (χ1n) is 8.97. The largest absolute Gasteiger partial charge is 0.464 e. The van der Waals surface area contributed by atoms with Gasteiger partial charge in [0, 0.05) is 10.9 Å². The van der Waals surface area contributed by atoms with Gasteiger partial charge in [0.25, 0.3) is 5.91 Å². The Hall–Kier alpha value is -2.34. The molecule has 0 spiro atoms. The van der Waals surface area contributed by atoms with Gasteiger partial charge in [-0.1, -0.05) is 25.1 Å². The maximum Gasteiger partial charge on any atom is 0.356 e. The lowest BCUT2D eigenvalue weighted by molar-refractivity contribution is -0.923. The number of rotatable bonds is 5. The smallest absolute Gasteiger partial charge is 0.356 e. The predicted molar refractivity (Wildman–Crippen MR) is 96.9 cm³/mol. The molecule has 134 valence electrons. The number of aromatic amines is 1. The minimum atomic E-state index is -0.483. The predicted octanol–water partition coefficient (Wildman–Crippen LogP) is 1.74. The fourth-order valence-corrected chi connectivity index (χ4v) is 3.79. The van der Waals surface area contributed by atoms with Crippen LogP contribution in [0.25, 0.3) is 10.9 Å². The molecular weight excluding hydrogens is 318 g/mol. The third-order valence-electron chi connectivity index (χ3n) is 5.12. The van der Waals surface area contributed by atoms with Gasteiger partial charge in [-0.05, 0) is 31.7 Å². The number of fused-ring (bicyclic) bond motifs is 1. The van der Waals surface area contributed by atoms with Crippen LogP contribution < -0.4 is 10.2 Å². The number of nitrogens with one attached hydrogen (secondary N) is 3. The number of piperidine rings is 1. The van der Waals surface area contributed by atoms with Crippen molar-refractivity contribution in [2.75, 3.05) is 25.5 Å². The summed E-state index contributed by atoms with van der Waals surface area (Å²) in [6.07, 6.45) is 4.68. The number of carbonyl (C=O) groups excluding carboxylic acids is 2. The molecule has 1 saturated heterocycles. The van der Waals surface area contributed by atoms with Gasteiger partial charge in [-0.3, -0.25) is 4.79 Å². The molecule has 1 aromatic carbocycles. The van der Waals surface area contributed by atoms with Gasteiger partial charge >= 0.3 is 5.97 Å². The number of quaternary nitrogens is 1. The summed E-state index contributed by atoms with van der Waals surface area (Å²) in [4.78, 5) is 29.1. The molecule has 1 unspecified atom stereocenters. The van der Waals surface area contributed by atoms with E-state index in [4.69, 9.17) is 4.74 Å². The summed E-state index contributed by atoms with van der Waals surface area (Å²) in [7, 11) is 1.34. The molecule has 6 heteroatoms. The zero-order valence-corrected chi connectivity index (χ0v) is 14.9. The highest BCUT2D eigenvalue weighted by Crippen LogP contribution is 2.28. The van der Waals surface area contributed by atoms with E-state index in [9.17, 15) is 9.59 Å². The third-order valence-corrected chi connectivity index (χ3v) is 5.12. The fourth-order valence-electron chi connectivity index (χ4n) is 3.79. The number of benzene rings is 1. The second-order valence-corrected chi connectivity index (χ2v) is 6.65. The van der Waals surface area contributed by atoms with E-state index in [1.165, 1.54) is 31.3 Å². The van der Waals surface area contributed by atoms with Crippen LogP contribution in [0.1, 0.15) is 43.1 Å². The van der Waals surface area contributed by atoms with E-state index >= 15 is 0 Å². The number of ether oxygens (including phenoxy) is 1. The van der Waals surface area contributed by atoms with Crippen molar-refractivity contribution in [1.82, 2.24) is 4.98 Å². The van der Waals surface area contributed by atoms with Gasteiger partial charge in [0.1, 0.15) is 5.69 Å². The van der Waals surface area contributed by atoms with Crippen LogP contribution in [0.3, 0.4) is 0 Å². The Morgan fingerprint density at radius 1 is 1.32 bits per heavy atom. The van der Waals surface area contributed by atoms with Gasteiger partial charge < -0.3 is 19.9 Å². The molecule has 0 saturated carbocycles. The lowest BCUT2D eigenvalue weighted by atomic mass is 10.00. The minimum absolute atomic E-state index is 0.0646. The van der Waals surface area contributed by atoms with Crippen LogP contribution in [0, 0.1) is 0 Å². The first-order chi connectivity index (χ1) is 12.1. The molecule has 3 N–H and O–H groups in total. The number of hydrogen-bond acceptors (Lipinski definition) is 3. The van der Waals surface area contributed by atoms with Gasteiger partial charge in [0.2, 0.25) is 0 Å². The van der Waals surface area contributed by atoms with Crippen LogP contribution in [0.15, 0.2) is 24.3 Å². The number of amides is 1. The summed E-state index contributed by atoms with van der Waals surface area (Å²) in [6, 6.07) is 8.07. The first kappa shape index (κ1) is 17.5. The van der Waals surface area contributed by atoms with Gasteiger partial charge in [-0.15, -0.1) is 0 Å². The number of esters is 1. The van der Waals surface area contributed by atoms with E-state index in [1.807, 2.05) is 24.3 Å². The highest BCUT2D eigenvalue weighted by molar-refractivity contribution is 6.11. The van der Waals surface area contributed by atoms with Gasteiger partial charge in [-0.25, -0.2) is 4.79 Å². The van der Waals surface area contributed by atoms with Crippen molar-refractivity contribution < 1.29 is 19.2 Å². The van der Waals surface area contributed by atoms with Crippen LogP contribution >= 0.6 is 0 Å². The number of carbonyl (C=O) groups is 2. The van der Waals surface area contributed by atoms with Crippen molar-refractivity contribution in [2.24, 2.45) is 0 Å². The van der Waals surface area contributed by atoms with Crippen LogP contribution in [0.4, 0.5) is 5.69 Å². The molecule has 1 fully saturated rings. The molecule has 0 radical (unpaired) electrons. The maximum absolute atomic E-state index is 12.6. The second-order valence-electron chi connectivity index (χ2n) is 6.65. The van der Waals surface area contributed by atoms with Gasteiger partial charge in [-0.2, -0.15) is 0 Å². The van der Waals surface area contributed by atoms with E-state index in [0.717, 1.165) is 23.9 Å². The number of H-pyrrole nitrogens is 1. The molecule has 0 bridgehead atoms. The van der Waals surface area contributed by atoms with Crippen LogP contribution in [0.5, 0.6) is 0 Å². The summed E-state index contributed by atoms with van der Waals surface area (Å²) >= 11 is 0. The minimum Gasteiger partial charge on any atom is -0.464 e. The van der Waals surface area contributed by atoms with E-state index < -0.39 is 5.97 Å². The van der Waals surface area contributed by atoms with Gasteiger partial charge in [0.05, 0.1) is 25.4 Å². The molecule has 1 aliphatic rings. The summed E-state index contributed by atoms with van der Waals surface area (Å²) in [5, 5.41) is 3.77. The molecule has 1 aliphatic heterocycles. The van der Waals surface area contributed by atoms with Gasteiger partial charge in [0.15, 0.2) is 6.54 Å². The summed E-state index contributed by atoms with van der Waals surface area (Å²) < 4.78 is 4.85. The Balaban J connectivity index is 1.81. The highest BCUT2D eigenvalue weighted by atomic mass is 16.5. The van der Waals surface area contributed by atoms with Crippen LogP contribution in [-0.4, -0.2) is 43.1 Å². The average molecular weight is 344 g/mol. The lowest BCUT2D eigenvalue weighted by Crippen LogP contribution is -3.17. The first-order valence-corrected chi connectivity index (χ1v) is 8.97. The molecule has 6 nitrogen and oxygen atoms in total. The Morgan fingerprint density at radius 3 is 2.88 bits per heavy atom. The average Bonchev–Trinajstić information content (AvgIpc) is 3.00. The van der Waals surface area contributed by atoms with E-state index in [2.05, 4.69) is 17.2 Å². The zero-order chi connectivity index (χ0) is 17.8. The molecule has 25 heavy (non-hydrogen) atoms. The Morgan fingerprint density at radius 2 is 2.12 bits per heavy atom. The number of likely N-dealkylation sites (tertiary alicyclic amines) is 1. The number of para-hydroxylation sites is 1. The number of methoxy groups -OCH3 is 1. The topological polar surface area (TPSA) is 75.6 Å². The number of aromatic nitrogens is 1. The number of anilines is 1. The normalized spacial score (nSPS) is 20.4. The monoisotopic (exact) mass is 344 g/mol. The van der Waals surface area contributed by atoms with Crippen molar-refractivity contribution in [3.05, 3.63) is 30.0 Å². The Kier molecular flexibility index (Phi) is 5.38. The molecule has 0 aliphatic carbocycles. The highest BCUT2D eigenvalue weighted by Gasteiger charge is 2.27. The summed E-state index contributed by atoms with van der Waals surface area (Å²) in [5.41, 5.74) is 1.60. The molecule has 3 rings (SSSR count). The Bertz CT molecular complexity index is 768. The zero-order valence-electron chi connectivity index (χ0n) is 14.9. The van der Waals surface area contributed by atoms with Crippen molar-refractivity contribution in [2.45, 2.75) is 38.6 Å². The van der Waals surface area contributed by atoms with Crippen molar-refractivity contribution >= 4 is 28.5 Å². The van der Waals surface area contributed by atoms with Crippen LogP contribution in [-0.2, 0) is 9.53 Å². The van der Waals surface area contributed by atoms with Crippen LogP contribution in [0.2, 0.25) is 0 Å². The van der Waals surface area contributed by atoms with E-state index in [1.54, 1.807) is 0 Å². The second kappa shape index (κ2) is 7.70. The summed E-state index contributed by atoms with van der Waals surface area (Å²) in [5.74, 6) is -0.548. The summed E-state index contributed by atoms with van der Waals surface area (Å²) in [6.45, 7) is 3.64. The third kappa shape index (κ3) is 3.69. The quantitative estimate of drug-likeness (QED) is 0.723. The lowest BCUT2D eigenvalue weighted by Gasteiger charge is -2.31. The standard InChI is InChI=1S/C19H25N3O3/c1-3-13-8-6-7-11-22(13)12-16(23)21-17-14-9-4-5-10-15(14)20-18(17)19(24)25-2/h4-5,9-10,13,20H,3,6-8,11-12H2,1-2H3,(H,21,23)/p+1/t13-/m1/s1. The van der Waals surface area contributed by atoms with Crippen molar-refractivity contribution in [3.63, 3.8) is 0 Å². The van der Waals surface area contributed by atoms with Crippen molar-refractivity contribution in [3.8, 4) is 0 Å². The van der Waals surface area contributed by atoms with E-state index in [-0.39, 0.29) is 11.6 Å².